The van der Waals surface area contributed by atoms with Crippen molar-refractivity contribution in [2.45, 2.75) is 11.1 Å². The molecular formula is C11H10BrNO4S3. The van der Waals surface area contributed by atoms with Crippen LogP contribution in [0, 0.1) is 0 Å². The van der Waals surface area contributed by atoms with Crippen molar-refractivity contribution in [3.63, 3.8) is 0 Å². The maximum absolute atomic E-state index is 12.2. The van der Waals surface area contributed by atoms with Gasteiger partial charge in [-0.25, -0.2) is 13.2 Å². The van der Waals surface area contributed by atoms with Crippen molar-refractivity contribution in [1.82, 2.24) is 0 Å². The van der Waals surface area contributed by atoms with E-state index in [0.717, 1.165) is 26.5 Å². The molecule has 5 nitrogen and oxygen atoms in total. The number of hydrogen-bond acceptors (Lipinski definition) is 6. The van der Waals surface area contributed by atoms with E-state index < -0.39 is 16.0 Å². The van der Waals surface area contributed by atoms with Gasteiger partial charge < -0.3 is 4.74 Å². The van der Waals surface area contributed by atoms with Crippen LogP contribution in [0.2, 0.25) is 0 Å². The number of hydrogen-bond donors (Lipinski definition) is 1. The molecule has 2 rings (SSSR count). The highest BCUT2D eigenvalue weighted by Gasteiger charge is 2.21. The zero-order valence-electron chi connectivity index (χ0n) is 10.3. The molecule has 0 aromatic carbocycles. The van der Waals surface area contributed by atoms with E-state index in [1.807, 2.05) is 0 Å². The summed E-state index contributed by atoms with van der Waals surface area (Å²) in [7, 11) is -3.69. The summed E-state index contributed by atoms with van der Waals surface area (Å²) in [6.45, 7) is 1.93. The smallest absolute Gasteiger partial charge is 0.341 e. The number of esters is 1. The highest BCUT2D eigenvalue weighted by Crippen LogP contribution is 2.31. The Labute approximate surface area is 132 Å². The molecular weight excluding hydrogens is 386 g/mol. The van der Waals surface area contributed by atoms with E-state index in [1.54, 1.807) is 18.4 Å². The lowest BCUT2D eigenvalue weighted by Crippen LogP contribution is -2.13. The molecule has 0 saturated heterocycles. The van der Waals surface area contributed by atoms with E-state index in [1.165, 1.54) is 12.1 Å². The molecule has 0 fully saturated rings. The summed E-state index contributed by atoms with van der Waals surface area (Å²) < 4.78 is 32.5. The molecule has 0 atom stereocenters. The summed E-state index contributed by atoms with van der Waals surface area (Å²) in [6, 6.07) is 4.68. The topological polar surface area (TPSA) is 72.5 Å². The van der Waals surface area contributed by atoms with Gasteiger partial charge in [-0.1, -0.05) is 0 Å². The molecule has 0 radical (unpaired) electrons. The van der Waals surface area contributed by atoms with Crippen LogP contribution in [-0.2, 0) is 14.8 Å². The van der Waals surface area contributed by atoms with E-state index >= 15 is 0 Å². The highest BCUT2D eigenvalue weighted by atomic mass is 79.9. The number of carbonyl (C=O) groups excluding carboxylic acids is 1. The van der Waals surface area contributed by atoms with Crippen LogP contribution in [0.3, 0.4) is 0 Å². The number of halogens is 1. The Morgan fingerprint density at radius 3 is 2.75 bits per heavy atom. The zero-order chi connectivity index (χ0) is 14.8. The van der Waals surface area contributed by atoms with Gasteiger partial charge in [-0.3, -0.25) is 4.72 Å². The lowest BCUT2D eigenvalue weighted by atomic mass is 10.3. The summed E-state index contributed by atoms with van der Waals surface area (Å²) in [5.74, 6) is -0.543. The van der Waals surface area contributed by atoms with E-state index in [-0.39, 0.29) is 21.4 Å². The van der Waals surface area contributed by atoms with Gasteiger partial charge in [-0.05, 0) is 46.4 Å². The standard InChI is InChI=1S/C11H10BrNO4S3/c1-2-17-11(14)7-5-6-18-10(7)13-20(15,16)9-4-3-8(12)19-9/h3-6,13H,2H2,1H3. The second-order valence-corrected chi connectivity index (χ2v) is 8.84. The minimum absolute atomic E-state index is 0.174. The summed E-state index contributed by atoms with van der Waals surface area (Å²) in [4.78, 5) is 11.7. The van der Waals surface area contributed by atoms with Gasteiger partial charge in [0.25, 0.3) is 10.0 Å². The third-order valence-electron chi connectivity index (χ3n) is 2.20. The SMILES string of the molecule is CCOC(=O)c1ccsc1NS(=O)(=O)c1ccc(Br)s1. The summed E-state index contributed by atoms with van der Waals surface area (Å²) in [5.41, 5.74) is 0.219. The van der Waals surface area contributed by atoms with Crippen molar-refractivity contribution in [2.75, 3.05) is 11.3 Å². The Kier molecular flexibility index (Phi) is 4.84. The lowest BCUT2D eigenvalue weighted by Gasteiger charge is -2.06. The van der Waals surface area contributed by atoms with Crippen molar-refractivity contribution < 1.29 is 17.9 Å². The van der Waals surface area contributed by atoms with E-state index in [2.05, 4.69) is 20.7 Å². The molecule has 0 aliphatic rings. The Morgan fingerprint density at radius 2 is 2.15 bits per heavy atom. The summed E-state index contributed by atoms with van der Waals surface area (Å²) in [5, 5.41) is 1.89. The maximum atomic E-state index is 12.2. The molecule has 1 N–H and O–H groups in total. The summed E-state index contributed by atoms with van der Waals surface area (Å²) >= 11 is 5.45. The van der Waals surface area contributed by atoms with Gasteiger partial charge in [-0.15, -0.1) is 22.7 Å². The fourth-order valence-corrected chi connectivity index (χ4v) is 5.49. The summed E-state index contributed by atoms with van der Waals surface area (Å²) in [6.07, 6.45) is 0. The van der Waals surface area contributed by atoms with Crippen LogP contribution in [0.25, 0.3) is 0 Å². The second kappa shape index (κ2) is 6.25. The normalized spacial score (nSPS) is 11.3. The van der Waals surface area contributed by atoms with Gasteiger partial charge in [0, 0.05) is 0 Å². The number of thiophene rings is 2. The molecule has 0 saturated carbocycles. The van der Waals surface area contributed by atoms with Gasteiger partial charge in [0.2, 0.25) is 0 Å². The minimum Gasteiger partial charge on any atom is -0.462 e. The molecule has 0 amide bonds. The number of sulfonamides is 1. The molecule has 2 aromatic heterocycles. The number of ether oxygens (including phenoxy) is 1. The Bertz CT molecular complexity index is 720. The van der Waals surface area contributed by atoms with E-state index in [4.69, 9.17) is 4.74 Å². The van der Waals surface area contributed by atoms with Crippen molar-refractivity contribution in [1.29, 1.82) is 0 Å². The molecule has 0 aliphatic heterocycles. The van der Waals surface area contributed by atoms with Crippen molar-refractivity contribution in [3.05, 3.63) is 32.9 Å². The molecule has 0 spiro atoms. The lowest BCUT2D eigenvalue weighted by molar-refractivity contribution is 0.0528. The first-order valence-electron chi connectivity index (χ1n) is 5.47. The van der Waals surface area contributed by atoms with Crippen LogP contribution < -0.4 is 4.72 Å². The molecule has 2 heterocycles. The quantitative estimate of drug-likeness (QED) is 0.785. The van der Waals surface area contributed by atoms with Crippen molar-refractivity contribution in [3.8, 4) is 0 Å². The number of nitrogens with one attached hydrogen (secondary N) is 1. The molecule has 20 heavy (non-hydrogen) atoms. The largest absolute Gasteiger partial charge is 0.462 e. The first-order chi connectivity index (χ1) is 9.44. The molecule has 108 valence electrons. The van der Waals surface area contributed by atoms with Gasteiger partial charge in [-0.2, -0.15) is 0 Å². The zero-order valence-corrected chi connectivity index (χ0v) is 14.3. The van der Waals surface area contributed by atoms with Crippen LogP contribution in [0.5, 0.6) is 0 Å². The fourth-order valence-electron chi connectivity index (χ4n) is 1.37. The fraction of sp³-hybridized carbons (Fsp3) is 0.182. The molecule has 0 aliphatic carbocycles. The Hall–Kier alpha value is -0.900. The van der Waals surface area contributed by atoms with Gasteiger partial charge in [0.15, 0.2) is 0 Å². The third kappa shape index (κ3) is 3.40. The molecule has 9 heteroatoms. The van der Waals surface area contributed by atoms with Gasteiger partial charge >= 0.3 is 5.97 Å². The maximum Gasteiger partial charge on any atom is 0.341 e. The number of anilines is 1. The second-order valence-electron chi connectivity index (χ2n) is 3.55. The first kappa shape index (κ1) is 15.5. The van der Waals surface area contributed by atoms with Gasteiger partial charge in [0.05, 0.1) is 16.0 Å². The average molecular weight is 396 g/mol. The molecule has 0 unspecified atom stereocenters. The van der Waals surface area contributed by atoms with Crippen LogP contribution in [0.4, 0.5) is 5.00 Å². The highest BCUT2D eigenvalue weighted by molar-refractivity contribution is 9.11. The minimum atomic E-state index is -3.69. The molecule has 2 aromatic rings. The number of rotatable bonds is 5. The predicted octanol–water partition coefficient (Wildman–Crippen LogP) is 3.55. The predicted molar refractivity (Wildman–Crippen MR) is 83.1 cm³/mol. The van der Waals surface area contributed by atoms with E-state index in [9.17, 15) is 13.2 Å². The Balaban J connectivity index is 2.27. The van der Waals surface area contributed by atoms with Crippen molar-refractivity contribution >= 4 is 59.6 Å². The van der Waals surface area contributed by atoms with Crippen LogP contribution >= 0.6 is 38.6 Å². The van der Waals surface area contributed by atoms with Crippen LogP contribution in [-0.4, -0.2) is 21.0 Å². The third-order valence-corrected chi connectivity index (χ3v) is 6.63. The van der Waals surface area contributed by atoms with Gasteiger partial charge in [0.1, 0.15) is 9.21 Å². The monoisotopic (exact) mass is 395 g/mol. The van der Waals surface area contributed by atoms with Crippen LogP contribution in [0.1, 0.15) is 17.3 Å². The Morgan fingerprint density at radius 1 is 1.40 bits per heavy atom. The van der Waals surface area contributed by atoms with E-state index in [0.29, 0.717) is 0 Å². The number of carbonyl (C=O) groups is 1. The molecule has 0 bridgehead atoms. The first-order valence-corrected chi connectivity index (χ1v) is 9.44. The average Bonchev–Trinajstić information content (AvgIpc) is 2.98. The van der Waals surface area contributed by atoms with Crippen LogP contribution in [0.15, 0.2) is 31.6 Å². The van der Waals surface area contributed by atoms with Crippen molar-refractivity contribution in [2.24, 2.45) is 0 Å².